The first-order valence-electron chi connectivity index (χ1n) is 10.3. The number of ether oxygens (including phenoxy) is 2. The second-order valence-corrected chi connectivity index (χ2v) is 6.82. The maximum absolute atomic E-state index is 13.3. The largest absolute Gasteiger partial charge is 0.469 e. The lowest BCUT2D eigenvalue weighted by Crippen LogP contribution is -2.44. The summed E-state index contributed by atoms with van der Waals surface area (Å²) in [6.45, 7) is 0.800. The van der Waals surface area contributed by atoms with Crippen LogP contribution in [0.15, 0.2) is 30.3 Å². The molecule has 1 aliphatic rings. The number of hydrogen-bond acceptors (Lipinski definition) is 6. The molecule has 0 saturated heterocycles. The highest BCUT2D eigenvalue weighted by Crippen LogP contribution is 2.35. The fraction of sp³-hybridized carbons (Fsp3) is 0.286. The minimum atomic E-state index is -3.00. The number of esters is 1. The van der Waals surface area contributed by atoms with E-state index in [-0.39, 0.29) is 22.7 Å². The van der Waals surface area contributed by atoms with Crippen LogP contribution in [0.25, 0.3) is 0 Å². The van der Waals surface area contributed by atoms with Gasteiger partial charge in [0.15, 0.2) is 5.75 Å². The van der Waals surface area contributed by atoms with Crippen LogP contribution in [0.5, 0.6) is 11.5 Å². The standard InChI is InChI=1S/C21H23N3O5/c1-11-5-12(2)7-13(6-11)29-18-8-14-16(9-15(18)22)23-20(26)17(10-19(25)28-4)24(3)21(14)27/h5-9,17H,10,22H2,1-4H3,(H,23,26)/t17-/m0/s1/i3D3. The van der Waals surface area contributed by atoms with Gasteiger partial charge in [-0.3, -0.25) is 14.4 Å². The number of carbonyl (C=O) groups is 3. The maximum Gasteiger partial charge on any atom is 0.308 e. The zero-order chi connectivity index (χ0) is 23.8. The Bertz CT molecular complexity index is 1080. The zero-order valence-electron chi connectivity index (χ0n) is 19.2. The Morgan fingerprint density at radius 2 is 1.90 bits per heavy atom. The minimum Gasteiger partial charge on any atom is -0.469 e. The fourth-order valence-corrected chi connectivity index (χ4v) is 3.11. The molecule has 0 bridgehead atoms. The molecule has 1 atom stereocenters. The molecule has 2 aromatic carbocycles. The van der Waals surface area contributed by atoms with Crippen molar-refractivity contribution in [3.8, 4) is 11.5 Å². The number of benzene rings is 2. The molecule has 0 aliphatic carbocycles. The van der Waals surface area contributed by atoms with Gasteiger partial charge in [-0.15, -0.1) is 0 Å². The first-order chi connectivity index (χ1) is 14.9. The van der Waals surface area contributed by atoms with Crippen molar-refractivity contribution in [3.63, 3.8) is 0 Å². The number of anilines is 2. The molecule has 3 rings (SSSR count). The number of amides is 2. The first kappa shape index (κ1) is 16.4. The summed E-state index contributed by atoms with van der Waals surface area (Å²) in [7, 11) is 1.10. The molecule has 152 valence electrons. The van der Waals surface area contributed by atoms with Gasteiger partial charge >= 0.3 is 5.97 Å². The van der Waals surface area contributed by atoms with Gasteiger partial charge in [-0.25, -0.2) is 0 Å². The quantitative estimate of drug-likeness (QED) is 0.603. The molecule has 29 heavy (non-hydrogen) atoms. The summed E-state index contributed by atoms with van der Waals surface area (Å²) in [6.07, 6.45) is -0.623. The molecule has 0 spiro atoms. The molecule has 1 aliphatic heterocycles. The van der Waals surface area contributed by atoms with E-state index >= 15 is 0 Å². The van der Waals surface area contributed by atoms with Gasteiger partial charge in [0.25, 0.3) is 5.91 Å². The Kier molecular flexibility index (Phi) is 4.43. The van der Waals surface area contributed by atoms with E-state index in [0.717, 1.165) is 18.2 Å². The molecule has 0 unspecified atom stereocenters. The van der Waals surface area contributed by atoms with Gasteiger partial charge < -0.3 is 25.4 Å². The highest BCUT2D eigenvalue weighted by molar-refractivity contribution is 6.11. The van der Waals surface area contributed by atoms with Crippen molar-refractivity contribution in [1.82, 2.24) is 4.90 Å². The topological polar surface area (TPSA) is 111 Å². The fourth-order valence-electron chi connectivity index (χ4n) is 3.11. The van der Waals surface area contributed by atoms with Gasteiger partial charge in [-0.1, -0.05) is 6.07 Å². The molecule has 0 saturated carbocycles. The lowest BCUT2D eigenvalue weighted by atomic mass is 10.1. The highest BCUT2D eigenvalue weighted by atomic mass is 16.5. The molecule has 0 fully saturated rings. The van der Waals surface area contributed by atoms with Crippen LogP contribution in [-0.4, -0.2) is 42.8 Å². The number of fused-ring (bicyclic) bond motifs is 1. The number of nitrogen functional groups attached to an aromatic ring is 1. The summed E-state index contributed by atoms with van der Waals surface area (Å²) in [4.78, 5) is 38.2. The van der Waals surface area contributed by atoms with Gasteiger partial charge in [0, 0.05) is 11.1 Å². The molecule has 0 aromatic heterocycles. The number of nitrogens with zero attached hydrogens (tertiary/aromatic N) is 1. The third-order valence-electron chi connectivity index (χ3n) is 4.48. The van der Waals surface area contributed by atoms with Crippen LogP contribution in [0.1, 0.15) is 32.0 Å². The molecule has 2 amide bonds. The van der Waals surface area contributed by atoms with Crippen LogP contribution in [0.3, 0.4) is 0 Å². The molecule has 2 aromatic rings. The average Bonchev–Trinajstić information content (AvgIpc) is 2.76. The van der Waals surface area contributed by atoms with Crippen molar-refractivity contribution in [2.75, 3.05) is 25.1 Å². The van der Waals surface area contributed by atoms with Crippen molar-refractivity contribution in [3.05, 3.63) is 47.0 Å². The molecule has 0 radical (unpaired) electrons. The van der Waals surface area contributed by atoms with Crippen molar-refractivity contribution in [2.45, 2.75) is 26.3 Å². The lowest BCUT2D eigenvalue weighted by molar-refractivity contribution is -0.143. The van der Waals surface area contributed by atoms with Crippen LogP contribution >= 0.6 is 0 Å². The van der Waals surface area contributed by atoms with Gasteiger partial charge in [0.2, 0.25) is 5.91 Å². The SMILES string of the molecule is [2H]C([2H])([2H])N1C(=O)c2cc(Oc3cc(C)cc(C)c3)c(N)cc2NC(=O)[C@@H]1CC(=O)OC. The van der Waals surface area contributed by atoms with Crippen LogP contribution in [0.2, 0.25) is 0 Å². The van der Waals surface area contributed by atoms with Gasteiger partial charge in [0.1, 0.15) is 11.8 Å². The third-order valence-corrected chi connectivity index (χ3v) is 4.48. The normalized spacial score (nSPS) is 18.0. The predicted molar refractivity (Wildman–Crippen MR) is 108 cm³/mol. The van der Waals surface area contributed by atoms with E-state index < -0.39 is 37.2 Å². The van der Waals surface area contributed by atoms with Crippen LogP contribution in [0.4, 0.5) is 11.4 Å². The summed E-state index contributed by atoms with van der Waals surface area (Å²) in [5, 5.41) is 2.49. The Balaban J connectivity index is 2.08. The second kappa shape index (κ2) is 7.83. The van der Waals surface area contributed by atoms with E-state index in [0.29, 0.717) is 10.6 Å². The van der Waals surface area contributed by atoms with Gasteiger partial charge in [-0.2, -0.15) is 0 Å². The number of hydrogen-bond donors (Lipinski definition) is 2. The zero-order valence-corrected chi connectivity index (χ0v) is 16.2. The smallest absolute Gasteiger partial charge is 0.308 e. The molecule has 1 heterocycles. The number of likely N-dealkylation sites (N-methyl/N-ethyl adjacent to an activating group) is 1. The number of methoxy groups -OCH3 is 1. The molecule has 8 heteroatoms. The van der Waals surface area contributed by atoms with E-state index in [2.05, 4.69) is 10.1 Å². The highest BCUT2D eigenvalue weighted by Gasteiger charge is 2.35. The number of aryl methyl sites for hydroxylation is 2. The lowest BCUT2D eigenvalue weighted by Gasteiger charge is -2.23. The van der Waals surface area contributed by atoms with E-state index in [1.165, 1.54) is 12.1 Å². The third kappa shape index (κ3) is 4.16. The van der Waals surface area contributed by atoms with Crippen LogP contribution in [0, 0.1) is 13.8 Å². The molecule has 3 N–H and O–H groups in total. The summed E-state index contributed by atoms with van der Waals surface area (Å²) in [5.74, 6) is -2.06. The van der Waals surface area contributed by atoms with Crippen molar-refractivity contribution in [2.24, 2.45) is 0 Å². The summed E-state index contributed by atoms with van der Waals surface area (Å²) in [5.41, 5.74) is 8.01. The van der Waals surface area contributed by atoms with Crippen molar-refractivity contribution >= 4 is 29.2 Å². The number of nitrogens with one attached hydrogen (secondary N) is 1. The number of nitrogens with two attached hydrogens (primary N) is 1. The summed E-state index contributed by atoms with van der Waals surface area (Å²) < 4.78 is 33.8. The van der Waals surface area contributed by atoms with Crippen LogP contribution in [-0.2, 0) is 14.3 Å². The van der Waals surface area contributed by atoms with Gasteiger partial charge in [-0.05, 0) is 49.2 Å². The number of carbonyl (C=O) groups excluding carboxylic acids is 3. The Morgan fingerprint density at radius 1 is 1.21 bits per heavy atom. The Morgan fingerprint density at radius 3 is 2.52 bits per heavy atom. The minimum absolute atomic E-state index is 0.0203. The summed E-state index contributed by atoms with van der Waals surface area (Å²) in [6, 6.07) is 6.53. The van der Waals surface area contributed by atoms with Crippen molar-refractivity contribution in [1.29, 1.82) is 0 Å². The summed E-state index contributed by atoms with van der Waals surface area (Å²) >= 11 is 0. The van der Waals surface area contributed by atoms with E-state index in [4.69, 9.17) is 14.6 Å². The second-order valence-electron chi connectivity index (χ2n) is 6.82. The van der Waals surface area contributed by atoms with Gasteiger partial charge in [0.05, 0.1) is 30.5 Å². The Hall–Kier alpha value is -3.55. The number of rotatable bonds is 4. The first-order valence-corrected chi connectivity index (χ1v) is 8.81. The monoisotopic (exact) mass is 400 g/mol. The van der Waals surface area contributed by atoms with Crippen molar-refractivity contribution < 1.29 is 28.0 Å². The molecular formula is C21H23N3O5. The molecule has 8 nitrogen and oxygen atoms in total. The Labute approximate surface area is 172 Å². The molecular weight excluding hydrogens is 374 g/mol. The van der Waals surface area contributed by atoms with E-state index in [1.54, 1.807) is 12.1 Å². The van der Waals surface area contributed by atoms with Crippen LogP contribution < -0.4 is 15.8 Å². The predicted octanol–water partition coefficient (Wildman–Crippen LogP) is 2.63. The van der Waals surface area contributed by atoms with E-state index in [9.17, 15) is 14.4 Å². The maximum atomic E-state index is 13.3. The average molecular weight is 400 g/mol. The van der Waals surface area contributed by atoms with E-state index in [1.807, 2.05) is 19.9 Å².